The molecule has 1 saturated carbocycles. The number of anilines is 1. The normalized spacial score (nSPS) is 30.0. The van der Waals surface area contributed by atoms with Crippen molar-refractivity contribution >= 4 is 23.4 Å². The number of imide groups is 1. The largest absolute Gasteiger partial charge is 0.497 e. The van der Waals surface area contributed by atoms with Crippen LogP contribution in [0.25, 0.3) is 0 Å². The van der Waals surface area contributed by atoms with Crippen LogP contribution < -0.4 is 10.1 Å². The van der Waals surface area contributed by atoms with Crippen LogP contribution in [0.4, 0.5) is 5.69 Å². The molecule has 24 heavy (non-hydrogen) atoms. The van der Waals surface area contributed by atoms with Gasteiger partial charge in [0.2, 0.25) is 17.7 Å². The summed E-state index contributed by atoms with van der Waals surface area (Å²) in [4.78, 5) is 38.4. The molecule has 1 aliphatic heterocycles. The van der Waals surface area contributed by atoms with E-state index in [1.807, 2.05) is 12.2 Å². The van der Waals surface area contributed by atoms with Crippen LogP contribution in [0.2, 0.25) is 0 Å². The quantitative estimate of drug-likeness (QED) is 0.671. The molecule has 1 aromatic rings. The Morgan fingerprint density at radius 1 is 1.12 bits per heavy atom. The third-order valence-corrected chi connectivity index (χ3v) is 5.24. The number of allylic oxidation sites excluding steroid dienone is 2. The molecule has 0 aromatic heterocycles. The Labute approximate surface area is 139 Å². The van der Waals surface area contributed by atoms with Gasteiger partial charge in [0, 0.05) is 5.69 Å². The van der Waals surface area contributed by atoms with E-state index >= 15 is 0 Å². The molecular formula is C18H18N2O4. The molecule has 0 spiro atoms. The summed E-state index contributed by atoms with van der Waals surface area (Å²) < 4.78 is 5.06. The maximum atomic E-state index is 12.5. The number of nitrogens with zero attached hydrogens (tertiary/aromatic N) is 1. The van der Waals surface area contributed by atoms with E-state index in [1.165, 1.54) is 0 Å². The first kappa shape index (κ1) is 14.9. The summed E-state index contributed by atoms with van der Waals surface area (Å²) in [6.45, 7) is -0.226. The van der Waals surface area contributed by atoms with Crippen molar-refractivity contribution in [2.24, 2.45) is 23.7 Å². The molecule has 4 rings (SSSR count). The van der Waals surface area contributed by atoms with Crippen molar-refractivity contribution in [3.63, 3.8) is 0 Å². The van der Waals surface area contributed by atoms with E-state index in [0.29, 0.717) is 11.4 Å². The van der Waals surface area contributed by atoms with E-state index < -0.39 is 0 Å². The van der Waals surface area contributed by atoms with E-state index in [1.54, 1.807) is 31.4 Å². The minimum absolute atomic E-state index is 0.158. The second-order valence-corrected chi connectivity index (χ2v) is 6.54. The van der Waals surface area contributed by atoms with Crippen molar-refractivity contribution in [1.82, 2.24) is 4.90 Å². The molecule has 124 valence electrons. The van der Waals surface area contributed by atoms with Crippen molar-refractivity contribution < 1.29 is 19.1 Å². The summed E-state index contributed by atoms with van der Waals surface area (Å²) >= 11 is 0. The highest BCUT2D eigenvalue weighted by atomic mass is 16.5. The summed E-state index contributed by atoms with van der Waals surface area (Å²) in [6.07, 6.45) is 4.97. The number of rotatable bonds is 4. The lowest BCUT2D eigenvalue weighted by molar-refractivity contribution is -0.143. The number of hydrogen-bond donors (Lipinski definition) is 1. The monoisotopic (exact) mass is 326 g/mol. The van der Waals surface area contributed by atoms with E-state index in [2.05, 4.69) is 5.32 Å². The van der Waals surface area contributed by atoms with E-state index in [9.17, 15) is 14.4 Å². The van der Waals surface area contributed by atoms with Crippen LogP contribution in [0.15, 0.2) is 36.4 Å². The SMILES string of the molecule is COc1ccc(NC(=O)CN2C(=O)[C@@H]3[C@@H](C2=O)[C@H]2C=C[C@@H]3C2)cc1. The lowest BCUT2D eigenvalue weighted by Crippen LogP contribution is -2.39. The Balaban J connectivity index is 1.43. The van der Waals surface area contributed by atoms with Gasteiger partial charge in [-0.05, 0) is 42.5 Å². The topological polar surface area (TPSA) is 75.7 Å². The fraction of sp³-hybridized carbons (Fsp3) is 0.389. The molecule has 1 N–H and O–H groups in total. The summed E-state index contributed by atoms with van der Waals surface area (Å²) in [7, 11) is 1.57. The number of carbonyl (C=O) groups is 3. The number of nitrogens with one attached hydrogen (secondary N) is 1. The zero-order valence-electron chi connectivity index (χ0n) is 13.3. The van der Waals surface area contributed by atoms with Gasteiger partial charge in [0.25, 0.3) is 0 Å². The van der Waals surface area contributed by atoms with Gasteiger partial charge in [-0.25, -0.2) is 0 Å². The first-order chi connectivity index (χ1) is 11.6. The highest BCUT2D eigenvalue weighted by Gasteiger charge is 2.59. The Hall–Kier alpha value is -2.63. The third-order valence-electron chi connectivity index (χ3n) is 5.24. The smallest absolute Gasteiger partial charge is 0.244 e. The summed E-state index contributed by atoms with van der Waals surface area (Å²) in [5.74, 6) is -0.297. The van der Waals surface area contributed by atoms with Crippen LogP contribution in [0.3, 0.4) is 0 Å². The predicted molar refractivity (Wildman–Crippen MR) is 86.1 cm³/mol. The van der Waals surface area contributed by atoms with Crippen LogP contribution >= 0.6 is 0 Å². The van der Waals surface area contributed by atoms with Gasteiger partial charge in [0.1, 0.15) is 12.3 Å². The van der Waals surface area contributed by atoms with Gasteiger partial charge in [-0.3, -0.25) is 19.3 Å². The number of likely N-dealkylation sites (tertiary alicyclic amines) is 1. The van der Waals surface area contributed by atoms with E-state index in [4.69, 9.17) is 4.74 Å². The minimum atomic E-state index is -0.373. The van der Waals surface area contributed by atoms with Gasteiger partial charge in [-0.15, -0.1) is 0 Å². The maximum absolute atomic E-state index is 12.5. The van der Waals surface area contributed by atoms with Crippen molar-refractivity contribution in [2.45, 2.75) is 6.42 Å². The number of carbonyl (C=O) groups excluding carboxylic acids is 3. The van der Waals surface area contributed by atoms with Gasteiger partial charge in [0.05, 0.1) is 18.9 Å². The number of fused-ring (bicyclic) bond motifs is 5. The Kier molecular flexibility index (Phi) is 3.40. The minimum Gasteiger partial charge on any atom is -0.497 e. The average molecular weight is 326 g/mol. The number of benzene rings is 1. The summed E-state index contributed by atoms with van der Waals surface area (Å²) in [5.41, 5.74) is 0.599. The number of methoxy groups -OCH3 is 1. The molecule has 1 saturated heterocycles. The zero-order valence-corrected chi connectivity index (χ0v) is 13.3. The lowest BCUT2D eigenvalue weighted by Gasteiger charge is -2.16. The lowest BCUT2D eigenvalue weighted by atomic mass is 9.85. The molecule has 0 radical (unpaired) electrons. The van der Waals surface area contributed by atoms with Crippen LogP contribution in [0, 0.1) is 23.7 Å². The molecule has 4 atom stereocenters. The van der Waals surface area contributed by atoms with Crippen molar-refractivity contribution in [3.8, 4) is 5.75 Å². The first-order valence-electron chi connectivity index (χ1n) is 8.06. The Morgan fingerprint density at radius 3 is 2.25 bits per heavy atom. The molecule has 2 aliphatic carbocycles. The zero-order chi connectivity index (χ0) is 16.8. The van der Waals surface area contributed by atoms with Crippen LogP contribution in [0.1, 0.15) is 6.42 Å². The van der Waals surface area contributed by atoms with E-state index in [0.717, 1.165) is 11.3 Å². The molecule has 1 aromatic carbocycles. The highest BCUT2D eigenvalue weighted by molar-refractivity contribution is 6.09. The Bertz CT molecular complexity index is 710. The molecule has 2 bridgehead atoms. The molecule has 3 aliphatic rings. The molecule has 0 unspecified atom stereocenters. The van der Waals surface area contributed by atoms with Gasteiger partial charge in [-0.2, -0.15) is 0 Å². The van der Waals surface area contributed by atoms with Crippen molar-refractivity contribution in [1.29, 1.82) is 0 Å². The molecule has 6 nitrogen and oxygen atoms in total. The highest BCUT2D eigenvalue weighted by Crippen LogP contribution is 2.52. The fourth-order valence-corrected chi connectivity index (χ4v) is 4.14. The number of amides is 3. The molecule has 3 amide bonds. The second-order valence-electron chi connectivity index (χ2n) is 6.54. The number of ether oxygens (including phenoxy) is 1. The molecule has 1 heterocycles. The molecular weight excluding hydrogens is 308 g/mol. The van der Waals surface area contributed by atoms with Crippen LogP contribution in [-0.4, -0.2) is 36.3 Å². The van der Waals surface area contributed by atoms with Crippen molar-refractivity contribution in [2.75, 3.05) is 19.0 Å². The van der Waals surface area contributed by atoms with Crippen LogP contribution in [-0.2, 0) is 14.4 Å². The summed E-state index contributed by atoms with van der Waals surface area (Å²) in [5, 5.41) is 2.71. The van der Waals surface area contributed by atoms with Gasteiger partial charge in [-0.1, -0.05) is 12.2 Å². The van der Waals surface area contributed by atoms with Gasteiger partial charge in [0.15, 0.2) is 0 Å². The number of hydrogen-bond acceptors (Lipinski definition) is 4. The second kappa shape index (κ2) is 5.47. The summed E-state index contributed by atoms with van der Waals surface area (Å²) in [6, 6.07) is 6.89. The van der Waals surface area contributed by atoms with Crippen LogP contribution in [0.5, 0.6) is 5.75 Å². The molecule has 2 fully saturated rings. The Morgan fingerprint density at radius 2 is 1.71 bits per heavy atom. The molecule has 6 heteroatoms. The first-order valence-corrected chi connectivity index (χ1v) is 8.06. The fourth-order valence-electron chi connectivity index (χ4n) is 4.14. The van der Waals surface area contributed by atoms with Gasteiger partial charge < -0.3 is 10.1 Å². The standard InChI is InChI=1S/C18H18N2O4/c1-24-13-6-4-12(5-7-13)19-14(21)9-20-17(22)15-10-2-3-11(8-10)16(15)18(20)23/h2-7,10-11,15-16H,8-9H2,1H3,(H,19,21)/t10-,11+,15-,16-/m0/s1. The average Bonchev–Trinajstić information content (AvgIpc) is 3.25. The van der Waals surface area contributed by atoms with Crippen molar-refractivity contribution in [3.05, 3.63) is 36.4 Å². The third kappa shape index (κ3) is 2.21. The van der Waals surface area contributed by atoms with Gasteiger partial charge >= 0.3 is 0 Å². The maximum Gasteiger partial charge on any atom is 0.244 e. The van der Waals surface area contributed by atoms with E-state index in [-0.39, 0.29) is 47.9 Å². The predicted octanol–water partition coefficient (Wildman–Crippen LogP) is 1.44.